The number of thiol groups is 1. The third-order valence-corrected chi connectivity index (χ3v) is 5.82. The van der Waals surface area contributed by atoms with Gasteiger partial charge >= 0.3 is 0 Å². The van der Waals surface area contributed by atoms with Gasteiger partial charge in [-0.2, -0.15) is 12.6 Å². The largest absolute Gasteiger partial charge is 0.304 e. The molecule has 0 saturated heterocycles. The van der Waals surface area contributed by atoms with Crippen molar-refractivity contribution in [3.8, 4) is 0 Å². The molecular weight excluding hydrogens is 228 g/mol. The highest BCUT2D eigenvalue weighted by molar-refractivity contribution is 7.80. The average Bonchev–Trinajstić information content (AvgIpc) is 2.17. The molecule has 2 aliphatic carbocycles. The maximum Gasteiger partial charge on any atom is 0.0330 e. The van der Waals surface area contributed by atoms with Crippen molar-refractivity contribution in [1.29, 1.82) is 0 Å². The standard InChI is InChI=1S/C14H28N2S/c1-15(2)14(8-5-9-14)11-16(3)10-13(12-17)6-4-7-13/h17H,4-12H2,1-3H3. The monoisotopic (exact) mass is 256 g/mol. The zero-order valence-corrected chi connectivity index (χ0v) is 12.6. The molecule has 0 atom stereocenters. The number of rotatable bonds is 6. The molecule has 0 radical (unpaired) electrons. The Balaban J connectivity index is 1.86. The van der Waals surface area contributed by atoms with Gasteiger partial charge in [-0.1, -0.05) is 6.42 Å². The van der Waals surface area contributed by atoms with Crippen LogP contribution in [0.1, 0.15) is 38.5 Å². The third kappa shape index (κ3) is 2.66. The second-order valence-corrected chi connectivity index (χ2v) is 6.97. The molecule has 0 aliphatic heterocycles. The fourth-order valence-corrected chi connectivity index (χ4v) is 3.92. The Kier molecular flexibility index (Phi) is 4.11. The number of likely N-dealkylation sites (N-methyl/N-ethyl adjacent to an activating group) is 2. The number of hydrogen-bond donors (Lipinski definition) is 1. The second-order valence-electron chi connectivity index (χ2n) is 6.66. The molecule has 0 unspecified atom stereocenters. The molecule has 0 aromatic rings. The molecule has 100 valence electrons. The van der Waals surface area contributed by atoms with Crippen LogP contribution in [0.4, 0.5) is 0 Å². The van der Waals surface area contributed by atoms with E-state index in [0.29, 0.717) is 11.0 Å². The first-order valence-corrected chi connectivity index (χ1v) is 7.62. The van der Waals surface area contributed by atoms with E-state index in [9.17, 15) is 0 Å². The van der Waals surface area contributed by atoms with Crippen LogP contribution in [0, 0.1) is 5.41 Å². The van der Waals surface area contributed by atoms with E-state index in [4.69, 9.17) is 0 Å². The lowest BCUT2D eigenvalue weighted by molar-refractivity contribution is 0.00720. The van der Waals surface area contributed by atoms with Crippen LogP contribution in [0.5, 0.6) is 0 Å². The van der Waals surface area contributed by atoms with E-state index in [0.717, 1.165) is 5.75 Å². The lowest BCUT2D eigenvalue weighted by Crippen LogP contribution is -2.58. The molecule has 0 N–H and O–H groups in total. The van der Waals surface area contributed by atoms with E-state index < -0.39 is 0 Å². The number of nitrogens with zero attached hydrogens (tertiary/aromatic N) is 2. The Morgan fingerprint density at radius 3 is 1.82 bits per heavy atom. The van der Waals surface area contributed by atoms with Crippen molar-refractivity contribution in [3.05, 3.63) is 0 Å². The summed E-state index contributed by atoms with van der Waals surface area (Å²) in [5.41, 5.74) is 1.01. The highest BCUT2D eigenvalue weighted by Gasteiger charge is 2.42. The summed E-state index contributed by atoms with van der Waals surface area (Å²) in [6.45, 7) is 2.47. The van der Waals surface area contributed by atoms with Crippen LogP contribution in [-0.2, 0) is 0 Å². The second kappa shape index (κ2) is 5.10. The molecule has 17 heavy (non-hydrogen) atoms. The minimum absolute atomic E-state index is 0.469. The smallest absolute Gasteiger partial charge is 0.0330 e. The van der Waals surface area contributed by atoms with Crippen LogP contribution in [0.2, 0.25) is 0 Å². The van der Waals surface area contributed by atoms with Gasteiger partial charge in [-0.15, -0.1) is 0 Å². The molecule has 0 amide bonds. The first-order chi connectivity index (χ1) is 8.02. The normalized spacial score (nSPS) is 25.8. The summed E-state index contributed by atoms with van der Waals surface area (Å²) in [7, 11) is 6.78. The van der Waals surface area contributed by atoms with Crippen LogP contribution in [0.3, 0.4) is 0 Å². The molecule has 2 rings (SSSR count). The first-order valence-electron chi connectivity index (χ1n) is 6.99. The van der Waals surface area contributed by atoms with Crippen LogP contribution in [0.25, 0.3) is 0 Å². The van der Waals surface area contributed by atoms with Crippen LogP contribution >= 0.6 is 12.6 Å². The lowest BCUT2D eigenvalue weighted by Gasteiger charge is -2.51. The van der Waals surface area contributed by atoms with Crippen LogP contribution in [0.15, 0.2) is 0 Å². The van der Waals surface area contributed by atoms with Gasteiger partial charge in [-0.25, -0.2) is 0 Å². The predicted octanol–water partition coefficient (Wildman–Crippen LogP) is 2.50. The summed E-state index contributed by atoms with van der Waals surface area (Å²) in [5, 5.41) is 0. The summed E-state index contributed by atoms with van der Waals surface area (Å²) in [4.78, 5) is 5.01. The van der Waals surface area contributed by atoms with E-state index in [1.807, 2.05) is 0 Å². The molecule has 0 aromatic heterocycles. The van der Waals surface area contributed by atoms with Gasteiger partial charge in [-0.3, -0.25) is 0 Å². The molecule has 2 aliphatic rings. The van der Waals surface area contributed by atoms with Crippen molar-refractivity contribution in [2.45, 2.75) is 44.1 Å². The van der Waals surface area contributed by atoms with Crippen LogP contribution < -0.4 is 0 Å². The molecule has 0 aromatic carbocycles. The molecule has 2 nitrogen and oxygen atoms in total. The van der Waals surface area contributed by atoms with Gasteiger partial charge in [0.2, 0.25) is 0 Å². The van der Waals surface area contributed by atoms with Crippen molar-refractivity contribution >= 4 is 12.6 Å². The Bertz CT molecular complexity index is 251. The highest BCUT2D eigenvalue weighted by atomic mass is 32.1. The summed E-state index contributed by atoms with van der Waals surface area (Å²) in [6.07, 6.45) is 8.33. The Labute approximate surface area is 112 Å². The average molecular weight is 256 g/mol. The molecule has 0 bridgehead atoms. The van der Waals surface area contributed by atoms with Crippen molar-refractivity contribution in [2.24, 2.45) is 5.41 Å². The van der Waals surface area contributed by atoms with Crippen molar-refractivity contribution in [2.75, 3.05) is 40.0 Å². The Hall–Kier alpha value is 0.270. The quantitative estimate of drug-likeness (QED) is 0.730. The fourth-order valence-electron chi connectivity index (χ4n) is 3.51. The van der Waals surface area contributed by atoms with Crippen LogP contribution in [-0.4, -0.2) is 55.3 Å². The first kappa shape index (κ1) is 13.7. The van der Waals surface area contributed by atoms with E-state index >= 15 is 0 Å². The minimum atomic E-state index is 0.469. The molecular formula is C14H28N2S. The fraction of sp³-hybridized carbons (Fsp3) is 1.00. The summed E-state index contributed by atoms with van der Waals surface area (Å²) in [5.74, 6) is 1.06. The van der Waals surface area contributed by atoms with Gasteiger partial charge in [0.1, 0.15) is 0 Å². The van der Waals surface area contributed by atoms with Gasteiger partial charge in [0.15, 0.2) is 0 Å². The summed E-state index contributed by atoms with van der Waals surface area (Å²) in [6, 6.07) is 0. The van der Waals surface area contributed by atoms with Gasteiger partial charge in [0, 0.05) is 18.6 Å². The molecule has 2 fully saturated rings. The molecule has 3 heteroatoms. The summed E-state index contributed by atoms with van der Waals surface area (Å²) < 4.78 is 0. The summed E-state index contributed by atoms with van der Waals surface area (Å²) >= 11 is 4.56. The van der Waals surface area contributed by atoms with Gasteiger partial charge in [0.25, 0.3) is 0 Å². The minimum Gasteiger partial charge on any atom is -0.304 e. The SMILES string of the molecule is CN(CC1(CS)CCC1)CC1(N(C)C)CCC1. The predicted molar refractivity (Wildman–Crippen MR) is 77.9 cm³/mol. The van der Waals surface area contributed by atoms with Gasteiger partial charge in [0.05, 0.1) is 0 Å². The van der Waals surface area contributed by atoms with E-state index in [1.165, 1.54) is 51.6 Å². The maximum absolute atomic E-state index is 4.56. The van der Waals surface area contributed by atoms with Crippen molar-refractivity contribution in [3.63, 3.8) is 0 Å². The Morgan fingerprint density at radius 2 is 1.53 bits per heavy atom. The molecule has 2 saturated carbocycles. The van der Waals surface area contributed by atoms with Crippen molar-refractivity contribution in [1.82, 2.24) is 9.80 Å². The Morgan fingerprint density at radius 1 is 0.941 bits per heavy atom. The van der Waals surface area contributed by atoms with Gasteiger partial charge < -0.3 is 9.80 Å². The molecule has 0 heterocycles. The van der Waals surface area contributed by atoms with Crippen molar-refractivity contribution < 1.29 is 0 Å². The van der Waals surface area contributed by atoms with E-state index in [-0.39, 0.29) is 0 Å². The topological polar surface area (TPSA) is 6.48 Å². The maximum atomic E-state index is 4.56. The zero-order valence-electron chi connectivity index (χ0n) is 11.7. The van der Waals surface area contributed by atoms with Gasteiger partial charge in [-0.05, 0) is 64.4 Å². The van der Waals surface area contributed by atoms with E-state index in [2.05, 4.69) is 43.6 Å². The third-order valence-electron chi connectivity index (χ3n) is 5.15. The molecule has 0 spiro atoms. The number of hydrogen-bond acceptors (Lipinski definition) is 3. The lowest BCUT2D eigenvalue weighted by atomic mass is 9.69. The zero-order chi connectivity index (χ0) is 12.5. The van der Waals surface area contributed by atoms with E-state index in [1.54, 1.807) is 0 Å². The highest BCUT2D eigenvalue weighted by Crippen LogP contribution is 2.43.